The second-order valence-electron chi connectivity index (χ2n) is 7.09. The number of carbonyl (C=O) groups is 1. The molecule has 4 aromatic rings. The minimum Gasteiger partial charge on any atom is -0.494 e. The van der Waals surface area contributed by atoms with Crippen molar-refractivity contribution in [2.45, 2.75) is 30.7 Å². The van der Waals surface area contributed by atoms with Crippen molar-refractivity contribution in [1.82, 2.24) is 19.2 Å². The summed E-state index contributed by atoms with van der Waals surface area (Å²) in [5.41, 5.74) is 1.01. The van der Waals surface area contributed by atoms with Gasteiger partial charge in [-0.1, -0.05) is 18.7 Å². The standard InChI is InChI=1S/C23H22FN5O3S/c1-3-19(21(30)25-16-7-5-15(24)6-8-16)33-23-27-26-20-22(31)28(13-14-29(20)23)17-9-11-18(12-10-17)32-4-2/h5-14,19H,3-4H2,1-2H3,(H,25,30)/t19-/m0/s1. The Bertz CT molecular complexity index is 1320. The molecule has 2 aromatic carbocycles. The van der Waals surface area contributed by atoms with E-state index >= 15 is 0 Å². The zero-order valence-corrected chi connectivity index (χ0v) is 18.9. The second kappa shape index (κ2) is 9.86. The van der Waals surface area contributed by atoms with Crippen LogP contribution >= 0.6 is 11.8 Å². The summed E-state index contributed by atoms with van der Waals surface area (Å²) in [5, 5.41) is 10.9. The summed E-state index contributed by atoms with van der Waals surface area (Å²) in [4.78, 5) is 25.7. The largest absolute Gasteiger partial charge is 0.494 e. The molecule has 170 valence electrons. The van der Waals surface area contributed by atoms with Crippen molar-refractivity contribution < 1.29 is 13.9 Å². The monoisotopic (exact) mass is 467 g/mol. The Morgan fingerprint density at radius 3 is 2.48 bits per heavy atom. The molecule has 0 unspecified atom stereocenters. The van der Waals surface area contributed by atoms with Gasteiger partial charge in [-0.15, -0.1) is 10.2 Å². The molecule has 0 bridgehead atoms. The topological polar surface area (TPSA) is 90.5 Å². The first-order valence-electron chi connectivity index (χ1n) is 10.4. The van der Waals surface area contributed by atoms with E-state index in [1.165, 1.54) is 40.6 Å². The van der Waals surface area contributed by atoms with Crippen molar-refractivity contribution in [3.8, 4) is 11.4 Å². The van der Waals surface area contributed by atoms with Gasteiger partial charge in [0, 0.05) is 23.8 Å². The molecule has 0 saturated carbocycles. The third kappa shape index (κ3) is 4.90. The van der Waals surface area contributed by atoms with Gasteiger partial charge in [-0.25, -0.2) is 4.39 Å². The third-order valence-corrected chi connectivity index (χ3v) is 6.21. The van der Waals surface area contributed by atoms with Crippen LogP contribution in [0.15, 0.2) is 70.9 Å². The molecule has 0 aliphatic carbocycles. The summed E-state index contributed by atoms with van der Waals surface area (Å²) >= 11 is 1.21. The van der Waals surface area contributed by atoms with Crippen LogP contribution in [0.1, 0.15) is 20.3 Å². The average molecular weight is 468 g/mol. The number of fused-ring (bicyclic) bond motifs is 1. The van der Waals surface area contributed by atoms with Crippen LogP contribution in [0.5, 0.6) is 5.75 Å². The van der Waals surface area contributed by atoms with E-state index in [9.17, 15) is 14.0 Å². The lowest BCUT2D eigenvalue weighted by atomic mass is 10.2. The zero-order valence-electron chi connectivity index (χ0n) is 18.1. The molecule has 4 rings (SSSR count). The number of anilines is 1. The van der Waals surface area contributed by atoms with Crippen LogP contribution in [0.25, 0.3) is 11.3 Å². The summed E-state index contributed by atoms with van der Waals surface area (Å²) in [5.74, 6) is 0.106. The van der Waals surface area contributed by atoms with Crippen LogP contribution in [0.4, 0.5) is 10.1 Å². The fourth-order valence-corrected chi connectivity index (χ4v) is 4.16. The van der Waals surface area contributed by atoms with E-state index < -0.39 is 5.25 Å². The molecular weight excluding hydrogens is 445 g/mol. The maximum atomic E-state index is 13.1. The second-order valence-corrected chi connectivity index (χ2v) is 8.26. The Hall–Kier alpha value is -3.66. The number of rotatable bonds is 8. The number of ether oxygens (including phenoxy) is 1. The fraction of sp³-hybridized carbons (Fsp3) is 0.217. The highest BCUT2D eigenvalue weighted by Gasteiger charge is 2.22. The Morgan fingerprint density at radius 2 is 1.82 bits per heavy atom. The van der Waals surface area contributed by atoms with Gasteiger partial charge in [0.1, 0.15) is 11.6 Å². The molecule has 2 heterocycles. The number of nitrogens with one attached hydrogen (secondary N) is 1. The smallest absolute Gasteiger partial charge is 0.300 e. The lowest BCUT2D eigenvalue weighted by Crippen LogP contribution is -2.25. The summed E-state index contributed by atoms with van der Waals surface area (Å²) < 4.78 is 21.6. The minimum atomic E-state index is -0.476. The number of benzene rings is 2. The van der Waals surface area contributed by atoms with Gasteiger partial charge in [0.15, 0.2) is 5.16 Å². The van der Waals surface area contributed by atoms with Crippen molar-refractivity contribution in [2.75, 3.05) is 11.9 Å². The lowest BCUT2D eigenvalue weighted by Gasteiger charge is -2.14. The highest BCUT2D eigenvalue weighted by Crippen LogP contribution is 2.25. The van der Waals surface area contributed by atoms with Crippen molar-refractivity contribution in [2.24, 2.45) is 0 Å². The first-order chi connectivity index (χ1) is 16.0. The highest BCUT2D eigenvalue weighted by molar-refractivity contribution is 8.00. The Morgan fingerprint density at radius 1 is 1.09 bits per heavy atom. The number of nitrogens with zero attached hydrogens (tertiary/aromatic N) is 4. The van der Waals surface area contributed by atoms with Gasteiger partial charge in [0.05, 0.1) is 11.9 Å². The quantitative estimate of drug-likeness (QED) is 0.395. The minimum absolute atomic E-state index is 0.155. The maximum absolute atomic E-state index is 13.1. The normalized spacial score (nSPS) is 12.0. The first kappa shape index (κ1) is 22.5. The van der Waals surface area contributed by atoms with Gasteiger partial charge in [0.2, 0.25) is 11.6 Å². The maximum Gasteiger partial charge on any atom is 0.300 e. The van der Waals surface area contributed by atoms with E-state index in [0.29, 0.717) is 29.6 Å². The third-order valence-electron chi connectivity index (χ3n) is 4.89. The molecule has 0 spiro atoms. The van der Waals surface area contributed by atoms with Gasteiger partial charge in [0.25, 0.3) is 0 Å². The van der Waals surface area contributed by atoms with Crippen LogP contribution in [0.2, 0.25) is 0 Å². The molecular formula is C23H22FN5O3S. The van der Waals surface area contributed by atoms with E-state index in [1.807, 2.05) is 13.8 Å². The number of carbonyl (C=O) groups excluding carboxylic acids is 1. The molecule has 1 atom stereocenters. The summed E-state index contributed by atoms with van der Waals surface area (Å²) in [6.45, 7) is 4.35. The van der Waals surface area contributed by atoms with Gasteiger partial charge in [-0.3, -0.25) is 18.6 Å². The van der Waals surface area contributed by atoms with Crippen molar-refractivity contribution in [3.05, 3.63) is 77.1 Å². The van der Waals surface area contributed by atoms with E-state index in [4.69, 9.17) is 4.74 Å². The first-order valence-corrected chi connectivity index (χ1v) is 11.3. The van der Waals surface area contributed by atoms with Crippen molar-refractivity contribution in [3.63, 3.8) is 0 Å². The van der Waals surface area contributed by atoms with Gasteiger partial charge >= 0.3 is 5.56 Å². The average Bonchev–Trinajstić information content (AvgIpc) is 3.23. The van der Waals surface area contributed by atoms with Crippen LogP contribution in [-0.2, 0) is 4.79 Å². The summed E-state index contributed by atoms with van der Waals surface area (Å²) in [6, 6.07) is 12.7. The van der Waals surface area contributed by atoms with Gasteiger partial charge in [-0.05, 0) is 61.9 Å². The van der Waals surface area contributed by atoms with Gasteiger partial charge < -0.3 is 10.1 Å². The molecule has 0 aliphatic heterocycles. The van der Waals surface area contributed by atoms with Crippen LogP contribution in [0.3, 0.4) is 0 Å². The molecule has 0 radical (unpaired) electrons. The molecule has 10 heteroatoms. The number of thioether (sulfide) groups is 1. The molecule has 8 nitrogen and oxygen atoms in total. The molecule has 2 aromatic heterocycles. The zero-order chi connectivity index (χ0) is 23.4. The number of hydrogen-bond acceptors (Lipinski definition) is 6. The number of amides is 1. The van der Waals surface area contributed by atoms with E-state index in [2.05, 4.69) is 15.5 Å². The molecule has 1 N–H and O–H groups in total. The SMILES string of the molecule is CCOc1ccc(-n2ccn3c(S[C@@H](CC)C(=O)Nc4ccc(F)cc4)nnc3c2=O)cc1. The Kier molecular flexibility index (Phi) is 6.74. The number of halogens is 1. The van der Waals surface area contributed by atoms with Crippen LogP contribution in [0, 0.1) is 5.82 Å². The van der Waals surface area contributed by atoms with E-state index in [0.717, 1.165) is 5.75 Å². The molecule has 0 fully saturated rings. The number of hydrogen-bond donors (Lipinski definition) is 1. The summed E-state index contributed by atoms with van der Waals surface area (Å²) in [7, 11) is 0. The molecule has 33 heavy (non-hydrogen) atoms. The van der Waals surface area contributed by atoms with E-state index in [1.54, 1.807) is 41.1 Å². The predicted molar refractivity (Wildman–Crippen MR) is 125 cm³/mol. The predicted octanol–water partition coefficient (Wildman–Crippen LogP) is 3.93. The van der Waals surface area contributed by atoms with Gasteiger partial charge in [-0.2, -0.15) is 0 Å². The van der Waals surface area contributed by atoms with Crippen molar-refractivity contribution >= 4 is 29.0 Å². The van der Waals surface area contributed by atoms with Crippen molar-refractivity contribution in [1.29, 1.82) is 0 Å². The lowest BCUT2D eigenvalue weighted by molar-refractivity contribution is -0.115. The van der Waals surface area contributed by atoms with Crippen LogP contribution < -0.4 is 15.6 Å². The number of aromatic nitrogens is 4. The molecule has 1 amide bonds. The molecule has 0 aliphatic rings. The summed E-state index contributed by atoms with van der Waals surface area (Å²) in [6.07, 6.45) is 3.86. The Labute approximate surface area is 193 Å². The molecule has 0 saturated heterocycles. The fourth-order valence-electron chi connectivity index (χ4n) is 3.22. The van der Waals surface area contributed by atoms with Crippen LogP contribution in [-0.4, -0.2) is 36.9 Å². The van der Waals surface area contributed by atoms with E-state index in [-0.39, 0.29) is 22.9 Å². The highest BCUT2D eigenvalue weighted by atomic mass is 32.2. The Balaban J connectivity index is 1.56.